The third kappa shape index (κ3) is 19.3. The first kappa shape index (κ1) is 92.0. The van der Waals surface area contributed by atoms with Crippen molar-refractivity contribution >= 4 is 155 Å². The van der Waals surface area contributed by atoms with Crippen molar-refractivity contribution in [3.05, 3.63) is 176 Å². The van der Waals surface area contributed by atoms with E-state index in [2.05, 4.69) is 139 Å². The second-order valence-electron chi connectivity index (χ2n) is 34.7. The van der Waals surface area contributed by atoms with Crippen molar-refractivity contribution in [1.82, 2.24) is 101 Å². The maximum atomic E-state index is 14.2. The summed E-state index contributed by atoms with van der Waals surface area (Å²) in [4.78, 5) is 56.7. The lowest BCUT2D eigenvalue weighted by atomic mass is 9.74. The molecule has 10 aromatic heterocycles. The van der Waals surface area contributed by atoms with Crippen LogP contribution in [0.15, 0.2) is 134 Å². The standard InChI is InChI=1S/C20H21Cl2FN6.C18H20ClFN6.C18H19ClFN5O.C18H21ClN6.C18H20ClN5O/c21-12-3-1-2-11(15(12)22)16-17-19(28-27-16)26-14(10-25-17)29-8-6-20(7-9-29)5-4-13(23)18(20)24;1-2-18(21)6-8-26(9-7-18)13-10-22-16-15(24-25-17(16)23-13)11-4-3-5-12(20)14(11)19;1-2-18(26)6-8-25(9-7-18)13-10-21-16-15(23-24-17(16)22-13)14-11(19)4-3-5-12(14)20;1-2-18(20)7-9-25(10-8-18)14-11-21-16-15(23-24-17(16)22-14)12-5-3-4-6-13(12)19;1-2-18(25)7-9-24(10-8-18)14-11-20-16-15(22-23-17(16)21-14)12-5-3-4-6-13(12)19/h1-3,10,13,18H,4-9,24H2,(H,26,27,28);3-5,10H,2,6-9,21H2,1H3,(H,23,24,25);3-5,10,26H,2,6-9H2,1H3,(H,22,23,24);3-6,11H,2,7-10,20H2,1H3,(H,22,23,24);3-6,11,25H,2,7-10H2,1H3,(H,21,22,23). The van der Waals surface area contributed by atoms with Crippen LogP contribution in [0.5, 0.6) is 0 Å². The van der Waals surface area contributed by atoms with E-state index in [4.69, 9.17) is 86.8 Å². The molecule has 1 saturated carbocycles. The Morgan fingerprint density at radius 1 is 0.359 bits per heavy atom. The molecule has 5 aliphatic heterocycles. The van der Waals surface area contributed by atoms with Gasteiger partial charge in [-0.2, -0.15) is 25.5 Å². The van der Waals surface area contributed by atoms with Crippen molar-refractivity contribution in [2.24, 2.45) is 22.6 Å². The van der Waals surface area contributed by atoms with E-state index in [1.54, 1.807) is 55.1 Å². The van der Waals surface area contributed by atoms with Gasteiger partial charge in [0.25, 0.3) is 0 Å². The number of nitrogens with zero attached hydrogens (tertiary/aromatic N) is 20. The zero-order valence-corrected chi connectivity index (χ0v) is 77.2. The minimum atomic E-state index is -0.876. The quantitative estimate of drug-likeness (QED) is 0.0483. The summed E-state index contributed by atoms with van der Waals surface area (Å²) in [5.74, 6) is 2.97. The molecule has 6 fully saturated rings. The maximum Gasteiger partial charge on any atom is 0.202 e. The fraction of sp³-hybridized carbons (Fsp3) is 0.402. The molecule has 5 aromatic carbocycles. The minimum Gasteiger partial charge on any atom is -0.390 e. The smallest absolute Gasteiger partial charge is 0.202 e. The zero-order chi connectivity index (χ0) is 91.7. The number of hydrogen-bond acceptors (Lipinski definition) is 25. The van der Waals surface area contributed by atoms with Gasteiger partial charge in [-0.05, 0) is 145 Å². The third-order valence-electron chi connectivity index (χ3n) is 27.2. The number of aliphatic hydroxyl groups is 2. The van der Waals surface area contributed by atoms with Crippen LogP contribution < -0.4 is 41.7 Å². The number of nitrogens with one attached hydrogen (secondary N) is 5. The Labute approximate surface area is 783 Å². The van der Waals surface area contributed by atoms with Crippen molar-refractivity contribution in [3.63, 3.8) is 0 Å². The van der Waals surface area contributed by atoms with E-state index >= 15 is 0 Å². The highest BCUT2D eigenvalue weighted by molar-refractivity contribution is 6.44. The summed E-state index contributed by atoms with van der Waals surface area (Å²) in [6.07, 6.45) is 21.2. The van der Waals surface area contributed by atoms with E-state index in [1.807, 2.05) is 80.7 Å². The topological polar surface area (TPSA) is 407 Å². The van der Waals surface area contributed by atoms with Gasteiger partial charge in [0, 0.05) is 105 Å². The average Bonchev–Trinajstić information content (AvgIpc) is 1.81. The SMILES string of the molecule is CCC1(N)CCN(c2cnc3c(-c4cccc(F)c4Cl)[nH]nc3n2)CC1.CCC1(N)CCN(c2cnc3c(-c4ccccc4Cl)[nH]nc3n2)CC1.CCC1(O)CCN(c2cnc3c(-c4c(F)cccc4Cl)[nH]nc3n2)CC1.CCC1(O)CCN(c2cnc3c(-c4ccccc4Cl)[nH]nc3n2)CC1.NC1C(F)CCC12CCN(c1cnc3c(-c4cccc(Cl)c4Cl)[nH]nc3n1)CC2. The molecule has 5 saturated heterocycles. The Morgan fingerprint density at radius 3 is 1.01 bits per heavy atom. The first-order valence-electron chi connectivity index (χ1n) is 44.2. The van der Waals surface area contributed by atoms with Crippen molar-refractivity contribution in [1.29, 1.82) is 0 Å². The molecule has 2 atom stereocenters. The number of fused-ring (bicyclic) bond motifs is 5. The maximum absolute atomic E-state index is 14.2. The number of aromatic nitrogens is 20. The molecule has 2 unspecified atom stereocenters. The van der Waals surface area contributed by atoms with E-state index in [1.165, 1.54) is 12.1 Å². The van der Waals surface area contributed by atoms with Gasteiger partial charge >= 0.3 is 0 Å². The summed E-state index contributed by atoms with van der Waals surface area (Å²) in [7, 11) is 0. The molecular weight excluding hydrogens is 1800 g/mol. The average molecular weight is 1900 g/mol. The van der Waals surface area contributed by atoms with Gasteiger partial charge in [0.05, 0.1) is 106 Å². The highest BCUT2D eigenvalue weighted by Gasteiger charge is 2.49. The third-order valence-corrected chi connectivity index (χ3v) is 29.4. The van der Waals surface area contributed by atoms with Crippen LogP contribution in [0.2, 0.25) is 30.1 Å². The van der Waals surface area contributed by atoms with Crippen molar-refractivity contribution in [2.75, 3.05) is 89.9 Å². The van der Waals surface area contributed by atoms with Gasteiger partial charge in [-0.3, -0.25) is 25.5 Å². The van der Waals surface area contributed by atoms with E-state index in [-0.39, 0.29) is 38.1 Å². The number of H-pyrrole nitrogens is 5. The molecule has 6 aliphatic rings. The summed E-state index contributed by atoms with van der Waals surface area (Å²) in [5, 5.41) is 59.4. The largest absolute Gasteiger partial charge is 0.390 e. The molecule has 0 bridgehead atoms. The Balaban J connectivity index is 0.000000115. The number of hydrogen-bond donors (Lipinski definition) is 10. The summed E-state index contributed by atoms with van der Waals surface area (Å²) < 4.78 is 41.9. The van der Waals surface area contributed by atoms with Gasteiger partial charge in [-0.25, -0.2) is 63.0 Å². The van der Waals surface area contributed by atoms with Gasteiger partial charge in [0.2, 0.25) is 28.2 Å². The van der Waals surface area contributed by atoms with Gasteiger partial charge in [-0.15, -0.1) is 0 Å². The molecule has 15 heterocycles. The molecule has 1 spiro atoms. The molecule has 39 heteroatoms. The number of piperidine rings is 5. The normalized spacial score (nSPS) is 18.6. The van der Waals surface area contributed by atoms with Crippen LogP contribution in [0.1, 0.15) is 130 Å². The molecule has 0 radical (unpaired) electrons. The Kier molecular flexibility index (Phi) is 27.2. The van der Waals surface area contributed by atoms with Crippen LogP contribution in [0.25, 0.3) is 112 Å². The second kappa shape index (κ2) is 38.8. The lowest BCUT2D eigenvalue weighted by Crippen LogP contribution is -2.50. The zero-order valence-electron chi connectivity index (χ0n) is 72.7. The van der Waals surface area contributed by atoms with Crippen LogP contribution in [-0.4, -0.2) is 211 Å². The second-order valence-corrected chi connectivity index (χ2v) is 37.1. The summed E-state index contributed by atoms with van der Waals surface area (Å²) in [6.45, 7) is 16.3. The monoisotopic (exact) mass is 1900 g/mol. The first-order chi connectivity index (χ1) is 63.2. The highest BCUT2D eigenvalue weighted by Crippen LogP contribution is 2.48. The lowest BCUT2D eigenvalue weighted by molar-refractivity contribution is 0.0121. The molecule has 684 valence electrons. The predicted molar refractivity (Wildman–Crippen MR) is 512 cm³/mol. The van der Waals surface area contributed by atoms with Crippen molar-refractivity contribution in [2.45, 2.75) is 165 Å². The van der Waals surface area contributed by atoms with Gasteiger partial charge < -0.3 is 51.9 Å². The number of rotatable bonds is 14. The van der Waals surface area contributed by atoms with Gasteiger partial charge in [-0.1, -0.05) is 164 Å². The number of benzene rings is 5. The van der Waals surface area contributed by atoms with Crippen molar-refractivity contribution in [3.8, 4) is 56.3 Å². The summed E-state index contributed by atoms with van der Waals surface area (Å²) in [5.41, 5.74) is 29.8. The Morgan fingerprint density at radius 2 is 0.656 bits per heavy atom. The van der Waals surface area contributed by atoms with Crippen LogP contribution >= 0.6 is 69.6 Å². The molecule has 0 amide bonds. The summed E-state index contributed by atoms with van der Waals surface area (Å²) >= 11 is 37.3. The van der Waals surface area contributed by atoms with E-state index in [9.17, 15) is 23.4 Å². The molecule has 15 aromatic rings. The fourth-order valence-electron chi connectivity index (χ4n) is 18.1. The van der Waals surface area contributed by atoms with Crippen LogP contribution in [0.4, 0.5) is 42.3 Å². The Bertz CT molecular complexity index is 6410. The molecule has 13 N–H and O–H groups in total. The van der Waals surface area contributed by atoms with Crippen LogP contribution in [0.3, 0.4) is 0 Å². The molecule has 131 heavy (non-hydrogen) atoms. The highest BCUT2D eigenvalue weighted by atomic mass is 35.5. The number of alkyl halides is 1. The summed E-state index contributed by atoms with van der Waals surface area (Å²) in [6, 6.07) is 29.5. The number of nitrogens with two attached hydrogens (primary N) is 3. The van der Waals surface area contributed by atoms with Gasteiger partial charge in [0.15, 0.2) is 0 Å². The number of aromatic amines is 5. The van der Waals surface area contributed by atoms with Gasteiger partial charge in [0.1, 0.15) is 74.5 Å². The van der Waals surface area contributed by atoms with E-state index in [0.29, 0.717) is 131 Å². The minimum absolute atomic E-state index is 0.0406. The fourth-order valence-corrected chi connectivity index (χ4v) is 19.4. The Hall–Kier alpha value is -10.8. The predicted octanol–water partition coefficient (Wildman–Crippen LogP) is 18.2. The molecule has 1 aliphatic carbocycles. The van der Waals surface area contributed by atoms with Crippen LogP contribution in [0, 0.1) is 17.0 Å². The van der Waals surface area contributed by atoms with Crippen LogP contribution in [-0.2, 0) is 0 Å². The van der Waals surface area contributed by atoms with Crippen molar-refractivity contribution < 1.29 is 23.4 Å². The molecule has 21 rings (SSSR count). The van der Waals surface area contributed by atoms with E-state index in [0.717, 1.165) is 193 Å². The lowest BCUT2D eigenvalue weighted by Gasteiger charge is -2.42. The number of anilines is 5. The van der Waals surface area contributed by atoms with E-state index < -0.39 is 29.0 Å². The molecule has 30 nitrogen and oxygen atoms in total. The number of halogens is 9. The molecular formula is C92H101Cl6F3N28O2. The first-order valence-corrected chi connectivity index (χ1v) is 46.5.